The Balaban J connectivity index is 1.83. The Kier molecular flexibility index (Phi) is 6.81. The van der Waals surface area contributed by atoms with E-state index >= 15 is 0 Å². The minimum atomic E-state index is -0.315. The summed E-state index contributed by atoms with van der Waals surface area (Å²) in [7, 11) is 1.55. The number of aromatic nitrogens is 1. The van der Waals surface area contributed by atoms with Gasteiger partial charge in [-0.3, -0.25) is 15.1 Å². The minimum absolute atomic E-state index is 0.285. The van der Waals surface area contributed by atoms with Crippen LogP contribution in [0, 0.1) is 6.92 Å². The summed E-state index contributed by atoms with van der Waals surface area (Å²) in [6, 6.07) is 16.3. The molecule has 6 nitrogen and oxygen atoms in total. The van der Waals surface area contributed by atoms with Crippen LogP contribution in [-0.2, 0) is 6.54 Å². The number of hydrogen-bond donors (Lipinski definition) is 2. The number of nitrogens with zero attached hydrogens (tertiary/aromatic N) is 2. The molecule has 2 aromatic carbocycles. The molecule has 0 aliphatic rings. The zero-order chi connectivity index (χ0) is 20.6. The standard InChI is InChI=1S/C22H21ClN4O2/c1-15-8-9-20(19(23)11-15)26-22(25-14-16-5-4-10-24-13-16)27-21(28)17-6-3-7-18(12-17)29-2/h3-13H,14H2,1-2H3,(H2,25,26,27,28). The average molecular weight is 409 g/mol. The number of guanidine groups is 1. The maximum atomic E-state index is 12.7. The molecule has 1 amide bonds. The Morgan fingerprint density at radius 1 is 1.17 bits per heavy atom. The van der Waals surface area contributed by atoms with E-state index in [9.17, 15) is 4.79 Å². The highest BCUT2D eigenvalue weighted by Gasteiger charge is 2.12. The summed E-state index contributed by atoms with van der Waals surface area (Å²) in [6.45, 7) is 2.30. The summed E-state index contributed by atoms with van der Waals surface area (Å²) in [6.07, 6.45) is 3.42. The van der Waals surface area contributed by atoms with E-state index in [1.165, 1.54) is 0 Å². The molecular weight excluding hydrogens is 388 g/mol. The Labute approximate surface area is 174 Å². The average Bonchev–Trinajstić information content (AvgIpc) is 2.74. The van der Waals surface area contributed by atoms with E-state index in [4.69, 9.17) is 16.3 Å². The first-order chi connectivity index (χ1) is 14.0. The van der Waals surface area contributed by atoms with Crippen molar-refractivity contribution < 1.29 is 9.53 Å². The number of pyridine rings is 1. The van der Waals surface area contributed by atoms with Gasteiger partial charge in [0, 0.05) is 18.0 Å². The summed E-state index contributed by atoms with van der Waals surface area (Å²) >= 11 is 6.33. The van der Waals surface area contributed by atoms with Crippen molar-refractivity contribution in [3.05, 3.63) is 88.7 Å². The van der Waals surface area contributed by atoms with Crippen molar-refractivity contribution in [3.8, 4) is 5.75 Å². The summed E-state index contributed by atoms with van der Waals surface area (Å²) in [4.78, 5) is 21.3. The number of carbonyl (C=O) groups is 1. The van der Waals surface area contributed by atoms with E-state index in [0.717, 1.165) is 11.1 Å². The lowest BCUT2D eigenvalue weighted by Gasteiger charge is -2.14. The molecule has 1 heterocycles. The molecule has 0 spiro atoms. The van der Waals surface area contributed by atoms with Crippen LogP contribution in [0.25, 0.3) is 0 Å². The number of methoxy groups -OCH3 is 1. The van der Waals surface area contributed by atoms with Crippen LogP contribution in [0.2, 0.25) is 5.02 Å². The predicted molar refractivity (Wildman–Crippen MR) is 116 cm³/mol. The fourth-order valence-electron chi connectivity index (χ4n) is 2.57. The highest BCUT2D eigenvalue weighted by molar-refractivity contribution is 6.34. The maximum absolute atomic E-state index is 12.7. The number of carbonyl (C=O) groups excluding carboxylic acids is 1. The molecule has 0 bridgehead atoms. The monoisotopic (exact) mass is 408 g/mol. The first kappa shape index (κ1) is 20.4. The second kappa shape index (κ2) is 9.71. The summed E-state index contributed by atoms with van der Waals surface area (Å²) < 4.78 is 5.19. The third kappa shape index (κ3) is 5.80. The van der Waals surface area contributed by atoms with Crippen LogP contribution in [0.3, 0.4) is 0 Å². The number of amides is 1. The zero-order valence-electron chi connectivity index (χ0n) is 16.1. The molecule has 0 saturated heterocycles. The number of ether oxygens (including phenoxy) is 1. The van der Waals surface area contributed by atoms with Crippen LogP contribution in [0.15, 0.2) is 72.0 Å². The first-order valence-electron chi connectivity index (χ1n) is 8.97. The van der Waals surface area contributed by atoms with Crippen molar-refractivity contribution in [1.82, 2.24) is 10.3 Å². The summed E-state index contributed by atoms with van der Waals surface area (Å²) in [5, 5.41) is 6.46. The van der Waals surface area contributed by atoms with E-state index in [2.05, 4.69) is 20.6 Å². The normalized spacial score (nSPS) is 11.1. The van der Waals surface area contributed by atoms with Crippen LogP contribution >= 0.6 is 11.6 Å². The van der Waals surface area contributed by atoms with Gasteiger partial charge in [-0.15, -0.1) is 0 Å². The van der Waals surface area contributed by atoms with Gasteiger partial charge in [0.2, 0.25) is 5.96 Å². The number of anilines is 1. The fraction of sp³-hybridized carbons (Fsp3) is 0.136. The van der Waals surface area contributed by atoms with E-state index in [1.54, 1.807) is 43.8 Å². The number of rotatable bonds is 5. The third-order valence-corrected chi connectivity index (χ3v) is 4.40. The number of benzene rings is 2. The molecule has 148 valence electrons. The van der Waals surface area contributed by atoms with Gasteiger partial charge in [-0.2, -0.15) is 0 Å². The molecule has 7 heteroatoms. The number of hydrogen-bond acceptors (Lipinski definition) is 4. The quantitative estimate of drug-likeness (QED) is 0.483. The number of aliphatic imine (C=N–C) groups is 1. The van der Waals surface area contributed by atoms with Crippen LogP contribution in [-0.4, -0.2) is 24.0 Å². The van der Waals surface area contributed by atoms with Crippen LogP contribution in [0.1, 0.15) is 21.5 Å². The Bertz CT molecular complexity index is 1020. The van der Waals surface area contributed by atoms with Gasteiger partial charge < -0.3 is 10.1 Å². The van der Waals surface area contributed by atoms with Crippen LogP contribution in [0.4, 0.5) is 5.69 Å². The van der Waals surface area contributed by atoms with E-state index in [-0.39, 0.29) is 11.9 Å². The molecule has 0 unspecified atom stereocenters. The zero-order valence-corrected chi connectivity index (χ0v) is 16.9. The van der Waals surface area contributed by atoms with Gasteiger partial charge in [0.15, 0.2) is 0 Å². The number of nitrogens with one attached hydrogen (secondary N) is 2. The maximum Gasteiger partial charge on any atom is 0.258 e. The lowest BCUT2D eigenvalue weighted by Crippen LogP contribution is -2.36. The van der Waals surface area contributed by atoms with Crippen molar-refractivity contribution in [2.45, 2.75) is 13.5 Å². The van der Waals surface area contributed by atoms with E-state index in [0.29, 0.717) is 28.6 Å². The van der Waals surface area contributed by atoms with Gasteiger partial charge >= 0.3 is 0 Å². The van der Waals surface area contributed by atoms with Gasteiger partial charge in [0.1, 0.15) is 5.75 Å². The SMILES string of the molecule is COc1cccc(C(=O)NC(=NCc2cccnc2)Nc2ccc(C)cc2Cl)c1. The highest BCUT2D eigenvalue weighted by atomic mass is 35.5. The second-order valence-corrected chi connectivity index (χ2v) is 6.73. The molecule has 0 aliphatic carbocycles. The summed E-state index contributed by atoms with van der Waals surface area (Å²) in [5.74, 6) is 0.568. The van der Waals surface area contributed by atoms with E-state index < -0.39 is 0 Å². The third-order valence-electron chi connectivity index (χ3n) is 4.08. The lowest BCUT2D eigenvalue weighted by molar-refractivity contribution is 0.0976. The Morgan fingerprint density at radius 3 is 2.76 bits per heavy atom. The Hall–Kier alpha value is -3.38. The highest BCUT2D eigenvalue weighted by Crippen LogP contribution is 2.22. The molecule has 3 aromatic rings. The predicted octanol–water partition coefficient (Wildman–Crippen LogP) is 4.45. The van der Waals surface area contributed by atoms with Crippen molar-refractivity contribution in [3.63, 3.8) is 0 Å². The molecule has 0 atom stereocenters. The van der Waals surface area contributed by atoms with Crippen molar-refractivity contribution in [2.24, 2.45) is 4.99 Å². The molecule has 0 saturated carbocycles. The van der Waals surface area contributed by atoms with Gasteiger partial charge in [-0.1, -0.05) is 29.8 Å². The van der Waals surface area contributed by atoms with Crippen LogP contribution < -0.4 is 15.4 Å². The molecular formula is C22H21ClN4O2. The van der Waals surface area contributed by atoms with Crippen molar-refractivity contribution in [2.75, 3.05) is 12.4 Å². The number of halogens is 1. The summed E-state index contributed by atoms with van der Waals surface area (Å²) in [5.41, 5.74) is 3.05. The van der Waals surface area contributed by atoms with Crippen LogP contribution in [0.5, 0.6) is 5.75 Å². The molecule has 3 rings (SSSR count). The van der Waals surface area contributed by atoms with Gasteiger partial charge in [-0.05, 0) is 54.4 Å². The van der Waals surface area contributed by atoms with Gasteiger partial charge in [0.05, 0.1) is 24.4 Å². The molecule has 1 aromatic heterocycles. The van der Waals surface area contributed by atoms with E-state index in [1.807, 2.05) is 37.3 Å². The number of aryl methyl sites for hydroxylation is 1. The molecule has 0 aliphatic heterocycles. The molecule has 2 N–H and O–H groups in total. The smallest absolute Gasteiger partial charge is 0.258 e. The Morgan fingerprint density at radius 2 is 2.03 bits per heavy atom. The second-order valence-electron chi connectivity index (χ2n) is 6.32. The first-order valence-corrected chi connectivity index (χ1v) is 9.35. The molecule has 29 heavy (non-hydrogen) atoms. The molecule has 0 fully saturated rings. The lowest BCUT2D eigenvalue weighted by atomic mass is 10.2. The van der Waals surface area contributed by atoms with Crippen molar-refractivity contribution >= 4 is 29.2 Å². The minimum Gasteiger partial charge on any atom is -0.497 e. The van der Waals surface area contributed by atoms with Gasteiger partial charge in [0.25, 0.3) is 5.91 Å². The largest absolute Gasteiger partial charge is 0.497 e. The fourth-order valence-corrected chi connectivity index (χ4v) is 2.85. The van der Waals surface area contributed by atoms with Crippen molar-refractivity contribution in [1.29, 1.82) is 0 Å². The van der Waals surface area contributed by atoms with Gasteiger partial charge in [-0.25, -0.2) is 4.99 Å². The topological polar surface area (TPSA) is 75.6 Å². The molecule has 0 radical (unpaired) electrons.